The average Bonchev–Trinajstić information content (AvgIpc) is 2.75. The number of hydrogen-bond donors (Lipinski definition) is 1. The fraction of sp³-hybridized carbons (Fsp3) is 0.387. The van der Waals surface area contributed by atoms with Crippen LogP contribution in [0.2, 0.25) is 0 Å². The number of terminal acetylenes is 1. The molecule has 0 aromatic heterocycles. The summed E-state index contributed by atoms with van der Waals surface area (Å²) in [5, 5.41) is 10.8. The zero-order valence-electron chi connectivity index (χ0n) is 21.7. The molecule has 0 saturated heterocycles. The van der Waals surface area contributed by atoms with Crippen molar-refractivity contribution >= 4 is 11.9 Å². The van der Waals surface area contributed by atoms with Gasteiger partial charge in [0.05, 0.1) is 5.69 Å². The molecule has 3 rings (SSSR count). The molecular weight excluding hydrogens is 402 g/mol. The van der Waals surface area contributed by atoms with Crippen LogP contribution in [-0.4, -0.2) is 11.3 Å². The maximum atomic E-state index is 10.8. The van der Waals surface area contributed by atoms with Crippen LogP contribution >= 0.6 is 0 Å². The number of aryl methyl sites for hydroxylation is 1. The predicted molar refractivity (Wildman–Crippen MR) is 146 cm³/mol. The first-order valence-electron chi connectivity index (χ1n) is 11.5. The van der Waals surface area contributed by atoms with Crippen LogP contribution in [0.25, 0.3) is 0 Å². The molecule has 0 bridgehead atoms. The zero-order chi connectivity index (χ0) is 25.2. The van der Waals surface area contributed by atoms with Crippen molar-refractivity contribution in [3.63, 3.8) is 0 Å². The minimum Gasteiger partial charge on any atom is -0.507 e. The summed E-state index contributed by atoms with van der Waals surface area (Å²) in [6, 6.07) is 12.2. The lowest BCUT2D eigenvalue weighted by atomic mass is 9.79. The van der Waals surface area contributed by atoms with Crippen molar-refractivity contribution in [1.29, 1.82) is 0 Å². The van der Waals surface area contributed by atoms with Crippen LogP contribution in [0.3, 0.4) is 0 Å². The molecule has 0 atom stereocenters. The molecule has 2 aromatic rings. The van der Waals surface area contributed by atoms with E-state index in [0.29, 0.717) is 5.75 Å². The normalized spacial score (nSPS) is 13.5. The smallest absolute Gasteiger partial charge is 0.128 e. The third-order valence-electron chi connectivity index (χ3n) is 5.45. The van der Waals surface area contributed by atoms with E-state index < -0.39 is 0 Å². The molecule has 0 amide bonds. The number of para-hydroxylation sites is 1. The standard InChI is InChI=1S/C22H29NO.C7H10.C2H2/c1-15-10-8-9-11-19(15)23-14-16-12-17(21(2,3)4)13-18(20(16)24)22(5,6)7;1-7-5-3-2-4-6-7;1-2/h8-14,24H,1-7H3;3,5-6H,2,4H2,1H3;1-2H. The van der Waals surface area contributed by atoms with Crippen LogP contribution in [0.15, 0.2) is 65.2 Å². The minimum atomic E-state index is -0.128. The largest absolute Gasteiger partial charge is 0.507 e. The Hall–Kier alpha value is -3.05. The lowest BCUT2D eigenvalue weighted by Gasteiger charge is -2.27. The Bertz CT molecular complexity index is 1020. The Labute approximate surface area is 202 Å². The summed E-state index contributed by atoms with van der Waals surface area (Å²) in [5.41, 5.74) is 6.28. The van der Waals surface area contributed by atoms with Crippen LogP contribution in [0.4, 0.5) is 5.69 Å². The highest BCUT2D eigenvalue weighted by Crippen LogP contribution is 2.37. The van der Waals surface area contributed by atoms with Gasteiger partial charge in [0.1, 0.15) is 5.75 Å². The fourth-order valence-electron chi connectivity index (χ4n) is 3.35. The Morgan fingerprint density at radius 3 is 2.00 bits per heavy atom. The van der Waals surface area contributed by atoms with Crippen molar-refractivity contribution in [2.75, 3.05) is 0 Å². The number of phenolic OH excluding ortho intramolecular Hbond substituents is 1. The van der Waals surface area contributed by atoms with Gasteiger partial charge in [-0.15, -0.1) is 12.8 Å². The Morgan fingerprint density at radius 1 is 0.909 bits per heavy atom. The lowest BCUT2D eigenvalue weighted by Crippen LogP contribution is -2.17. The summed E-state index contributed by atoms with van der Waals surface area (Å²) in [6.45, 7) is 17.1. The molecule has 1 N–H and O–H groups in total. The average molecular weight is 444 g/mol. The summed E-state index contributed by atoms with van der Waals surface area (Å²) in [5.74, 6) is 0.327. The molecular formula is C31H41NO. The summed E-state index contributed by atoms with van der Waals surface area (Å²) < 4.78 is 0. The SMILES string of the molecule is C#C.CC1=CCCC=C1.Cc1ccccc1N=Cc1cc(C(C)(C)C)cc(C(C)(C)C)c1O. The van der Waals surface area contributed by atoms with Crippen molar-refractivity contribution in [1.82, 2.24) is 0 Å². The second-order valence-electron chi connectivity index (χ2n) is 10.4. The van der Waals surface area contributed by atoms with E-state index >= 15 is 0 Å². The van der Waals surface area contributed by atoms with E-state index in [0.717, 1.165) is 22.4 Å². The molecule has 0 saturated carbocycles. The highest BCUT2D eigenvalue weighted by atomic mass is 16.3. The van der Waals surface area contributed by atoms with Crippen molar-refractivity contribution in [3.8, 4) is 18.6 Å². The number of benzene rings is 2. The molecule has 0 fully saturated rings. The maximum Gasteiger partial charge on any atom is 0.128 e. The van der Waals surface area contributed by atoms with Gasteiger partial charge in [0.2, 0.25) is 0 Å². The molecule has 0 aliphatic heterocycles. The molecule has 0 spiro atoms. The molecule has 33 heavy (non-hydrogen) atoms. The second-order valence-corrected chi connectivity index (χ2v) is 10.4. The molecule has 1 aliphatic carbocycles. The summed E-state index contributed by atoms with van der Waals surface area (Å²) in [7, 11) is 0. The Balaban J connectivity index is 0.000000508. The van der Waals surface area contributed by atoms with Gasteiger partial charge in [0.25, 0.3) is 0 Å². The molecule has 0 radical (unpaired) electrons. The first kappa shape index (κ1) is 28.0. The van der Waals surface area contributed by atoms with E-state index in [9.17, 15) is 5.11 Å². The zero-order valence-corrected chi connectivity index (χ0v) is 21.7. The van der Waals surface area contributed by atoms with Gasteiger partial charge < -0.3 is 5.11 Å². The van der Waals surface area contributed by atoms with Crippen LogP contribution in [-0.2, 0) is 10.8 Å². The maximum absolute atomic E-state index is 10.8. The number of phenols is 1. The number of hydrogen-bond acceptors (Lipinski definition) is 2. The van der Waals surface area contributed by atoms with Gasteiger partial charge in [-0.1, -0.05) is 89.6 Å². The molecule has 0 unspecified atom stereocenters. The van der Waals surface area contributed by atoms with Gasteiger partial charge in [-0.2, -0.15) is 0 Å². The van der Waals surface area contributed by atoms with Crippen molar-refractivity contribution in [2.24, 2.45) is 4.99 Å². The van der Waals surface area contributed by atoms with Gasteiger partial charge >= 0.3 is 0 Å². The highest BCUT2D eigenvalue weighted by Gasteiger charge is 2.24. The third kappa shape index (κ3) is 8.78. The van der Waals surface area contributed by atoms with Crippen LogP contribution in [0.1, 0.15) is 83.6 Å². The number of aliphatic imine (C=N–C) groups is 1. The van der Waals surface area contributed by atoms with E-state index in [1.807, 2.05) is 37.3 Å². The quantitative estimate of drug-likeness (QED) is 0.366. The highest BCUT2D eigenvalue weighted by molar-refractivity contribution is 5.87. The van der Waals surface area contributed by atoms with E-state index in [2.05, 4.69) is 90.6 Å². The molecule has 0 heterocycles. The lowest BCUT2D eigenvalue weighted by molar-refractivity contribution is 0.444. The van der Waals surface area contributed by atoms with Gasteiger partial charge in [0, 0.05) is 17.3 Å². The minimum absolute atomic E-state index is 0.0129. The van der Waals surface area contributed by atoms with Crippen molar-refractivity contribution in [3.05, 3.63) is 82.5 Å². The third-order valence-corrected chi connectivity index (χ3v) is 5.45. The van der Waals surface area contributed by atoms with Gasteiger partial charge in [-0.3, -0.25) is 4.99 Å². The monoisotopic (exact) mass is 443 g/mol. The number of rotatable bonds is 2. The summed E-state index contributed by atoms with van der Waals surface area (Å²) >= 11 is 0. The van der Waals surface area contributed by atoms with Gasteiger partial charge in [0.15, 0.2) is 0 Å². The Morgan fingerprint density at radius 2 is 1.55 bits per heavy atom. The first-order valence-corrected chi connectivity index (χ1v) is 11.5. The van der Waals surface area contributed by atoms with E-state index in [1.54, 1.807) is 6.21 Å². The van der Waals surface area contributed by atoms with Gasteiger partial charge in [-0.25, -0.2) is 0 Å². The van der Waals surface area contributed by atoms with Crippen LogP contribution in [0.5, 0.6) is 5.75 Å². The number of nitrogens with zero attached hydrogens (tertiary/aromatic N) is 1. The van der Waals surface area contributed by atoms with E-state index in [-0.39, 0.29) is 10.8 Å². The Kier molecular flexibility index (Phi) is 10.4. The predicted octanol–water partition coefficient (Wildman–Crippen LogP) is 8.58. The van der Waals surface area contributed by atoms with E-state index in [4.69, 9.17) is 0 Å². The van der Waals surface area contributed by atoms with Crippen molar-refractivity contribution in [2.45, 2.75) is 79.1 Å². The number of allylic oxidation sites excluding steroid dienone is 4. The van der Waals surface area contributed by atoms with Crippen molar-refractivity contribution < 1.29 is 5.11 Å². The van der Waals surface area contributed by atoms with Gasteiger partial charge in [-0.05, 0) is 60.8 Å². The number of aromatic hydroxyl groups is 1. The van der Waals surface area contributed by atoms with Crippen LogP contribution < -0.4 is 0 Å². The summed E-state index contributed by atoms with van der Waals surface area (Å²) in [4.78, 5) is 4.60. The molecule has 176 valence electrons. The van der Waals surface area contributed by atoms with E-state index in [1.165, 1.54) is 24.0 Å². The molecule has 2 heteroatoms. The second kappa shape index (κ2) is 12.3. The molecule has 2 nitrogen and oxygen atoms in total. The fourth-order valence-corrected chi connectivity index (χ4v) is 3.35. The summed E-state index contributed by atoms with van der Waals surface area (Å²) in [6.07, 6.45) is 18.9. The molecule has 1 aliphatic rings. The van der Waals surface area contributed by atoms with Crippen LogP contribution in [0, 0.1) is 19.8 Å². The molecule has 2 aromatic carbocycles. The topological polar surface area (TPSA) is 32.6 Å². The first-order chi connectivity index (χ1) is 15.4.